The molecular weight excluding hydrogens is 529 g/mol. The van der Waals surface area contributed by atoms with Crippen molar-refractivity contribution < 1.29 is 37.1 Å². The second-order valence-electron chi connectivity index (χ2n) is 8.97. The number of hydrogen-bond donors (Lipinski definition) is 2. The van der Waals surface area contributed by atoms with Gasteiger partial charge in [-0.3, -0.25) is 4.79 Å². The number of methoxy groups -OCH3 is 2. The van der Waals surface area contributed by atoms with Crippen LogP contribution in [0.2, 0.25) is 5.02 Å². The highest BCUT2D eigenvalue weighted by molar-refractivity contribution is 6.39. The fourth-order valence-electron chi connectivity index (χ4n) is 4.30. The Bertz CT molecular complexity index is 1250. The molecule has 2 aromatic carbocycles. The van der Waals surface area contributed by atoms with Gasteiger partial charge in [-0.05, 0) is 35.9 Å². The van der Waals surface area contributed by atoms with Crippen LogP contribution in [0.15, 0.2) is 41.6 Å². The number of halogens is 4. The molecule has 9 nitrogen and oxygen atoms in total. The van der Waals surface area contributed by atoms with Gasteiger partial charge in [0.15, 0.2) is 11.5 Å². The van der Waals surface area contributed by atoms with E-state index in [1.807, 2.05) is 6.07 Å². The van der Waals surface area contributed by atoms with Crippen molar-refractivity contribution in [3.8, 4) is 11.5 Å². The van der Waals surface area contributed by atoms with E-state index in [9.17, 15) is 22.8 Å². The van der Waals surface area contributed by atoms with Crippen molar-refractivity contribution in [2.24, 2.45) is 5.16 Å². The first kappa shape index (κ1) is 27.4. The fraction of sp³-hybridized carbons (Fsp3) is 0.400. The molecule has 2 heterocycles. The molecule has 2 N–H and O–H groups in total. The van der Waals surface area contributed by atoms with Gasteiger partial charge in [0.05, 0.1) is 30.5 Å². The lowest BCUT2D eigenvalue weighted by Crippen LogP contribution is -2.48. The normalized spacial score (nSPS) is 16.5. The number of benzene rings is 2. The maximum atomic E-state index is 13.0. The number of urea groups is 1. The van der Waals surface area contributed by atoms with Crippen molar-refractivity contribution in [3.05, 3.63) is 52.5 Å². The van der Waals surface area contributed by atoms with Gasteiger partial charge in [-0.2, -0.15) is 13.2 Å². The van der Waals surface area contributed by atoms with Crippen LogP contribution in [0.1, 0.15) is 30.4 Å². The van der Waals surface area contributed by atoms with Crippen molar-refractivity contribution in [2.75, 3.05) is 32.6 Å². The number of amides is 3. The standard InChI is InChI=1S/C25H26ClF3N4O5/c1-36-20-6-3-15(11-21(20)37-2)14-30-22(34)19-13-24(38-32-19)7-9-33(10-8-24)23(35)31-18-12-16(25(27,28)29)4-5-17(18)26/h3-6,11-12H,7-10,13-14H2,1-2H3,(H,30,34)(H,31,35). The fourth-order valence-corrected chi connectivity index (χ4v) is 4.46. The first-order valence-electron chi connectivity index (χ1n) is 11.7. The average Bonchev–Trinajstić information content (AvgIpc) is 3.31. The lowest BCUT2D eigenvalue weighted by molar-refractivity contribution is -0.137. The molecule has 0 radical (unpaired) electrons. The molecule has 0 aliphatic carbocycles. The highest BCUT2D eigenvalue weighted by Gasteiger charge is 2.44. The minimum Gasteiger partial charge on any atom is -0.493 e. The van der Waals surface area contributed by atoms with Gasteiger partial charge < -0.3 is 29.8 Å². The molecule has 2 aliphatic heterocycles. The van der Waals surface area contributed by atoms with Crippen LogP contribution in [-0.2, 0) is 22.4 Å². The second-order valence-corrected chi connectivity index (χ2v) is 9.38. The largest absolute Gasteiger partial charge is 0.493 e. The molecule has 0 bridgehead atoms. The quantitative estimate of drug-likeness (QED) is 0.532. The Morgan fingerprint density at radius 1 is 1.11 bits per heavy atom. The lowest BCUT2D eigenvalue weighted by atomic mass is 9.87. The molecule has 38 heavy (non-hydrogen) atoms. The minimum atomic E-state index is -4.56. The number of alkyl halides is 3. The van der Waals surface area contributed by atoms with Gasteiger partial charge in [-0.15, -0.1) is 0 Å². The van der Waals surface area contributed by atoms with Crippen LogP contribution < -0.4 is 20.1 Å². The van der Waals surface area contributed by atoms with E-state index in [1.165, 1.54) is 19.1 Å². The van der Waals surface area contributed by atoms with E-state index >= 15 is 0 Å². The third kappa shape index (κ3) is 6.07. The Hall–Kier alpha value is -3.67. The number of anilines is 1. The summed E-state index contributed by atoms with van der Waals surface area (Å²) in [4.78, 5) is 32.5. The van der Waals surface area contributed by atoms with Crippen molar-refractivity contribution in [2.45, 2.75) is 37.6 Å². The molecule has 4 rings (SSSR count). The predicted molar refractivity (Wildman–Crippen MR) is 134 cm³/mol. The van der Waals surface area contributed by atoms with Crippen LogP contribution in [0, 0.1) is 0 Å². The number of rotatable bonds is 6. The Kier molecular flexibility index (Phi) is 7.91. The first-order valence-corrected chi connectivity index (χ1v) is 12.1. The SMILES string of the molecule is COc1ccc(CNC(=O)C2=NOC3(CCN(C(=O)Nc4cc(C(F)(F)F)ccc4Cl)CC3)C2)cc1OC. The van der Waals surface area contributed by atoms with Crippen LogP contribution in [0.25, 0.3) is 0 Å². The van der Waals surface area contributed by atoms with Crippen LogP contribution in [0.5, 0.6) is 11.5 Å². The molecule has 2 aromatic rings. The predicted octanol–water partition coefficient (Wildman–Crippen LogP) is 4.84. The van der Waals surface area contributed by atoms with Gasteiger partial charge in [-0.1, -0.05) is 22.8 Å². The monoisotopic (exact) mass is 554 g/mol. The van der Waals surface area contributed by atoms with Gasteiger partial charge in [0.1, 0.15) is 11.3 Å². The summed E-state index contributed by atoms with van der Waals surface area (Å²) in [6, 6.07) is 7.48. The zero-order chi connectivity index (χ0) is 27.5. The number of nitrogens with one attached hydrogen (secondary N) is 2. The van der Waals surface area contributed by atoms with Crippen molar-refractivity contribution >= 4 is 34.9 Å². The zero-order valence-corrected chi connectivity index (χ0v) is 21.4. The molecule has 1 fully saturated rings. The Morgan fingerprint density at radius 3 is 2.47 bits per heavy atom. The Balaban J connectivity index is 1.28. The number of likely N-dealkylation sites (tertiary alicyclic amines) is 1. The highest BCUT2D eigenvalue weighted by Crippen LogP contribution is 2.36. The van der Waals surface area contributed by atoms with E-state index in [2.05, 4.69) is 15.8 Å². The summed E-state index contributed by atoms with van der Waals surface area (Å²) in [5, 5.41) is 9.24. The highest BCUT2D eigenvalue weighted by atomic mass is 35.5. The van der Waals surface area contributed by atoms with Gasteiger partial charge in [0.25, 0.3) is 5.91 Å². The summed E-state index contributed by atoms with van der Waals surface area (Å²) in [6.45, 7) is 0.772. The smallest absolute Gasteiger partial charge is 0.416 e. The van der Waals surface area contributed by atoms with Gasteiger partial charge >= 0.3 is 12.2 Å². The third-order valence-electron chi connectivity index (χ3n) is 6.50. The van der Waals surface area contributed by atoms with Crippen LogP contribution in [0.3, 0.4) is 0 Å². The topological polar surface area (TPSA) is 101 Å². The first-order chi connectivity index (χ1) is 18.0. The van der Waals surface area contributed by atoms with E-state index in [0.717, 1.165) is 23.8 Å². The maximum Gasteiger partial charge on any atom is 0.416 e. The number of carbonyl (C=O) groups is 2. The van der Waals surface area contributed by atoms with E-state index in [0.29, 0.717) is 24.3 Å². The second kappa shape index (κ2) is 11.0. The molecular formula is C25H26ClF3N4O5. The molecule has 1 spiro atoms. The molecule has 0 atom stereocenters. The Labute approximate surface area is 221 Å². The molecule has 1 saturated heterocycles. The van der Waals surface area contributed by atoms with E-state index in [-0.39, 0.29) is 48.4 Å². The molecule has 3 amide bonds. The lowest BCUT2D eigenvalue weighted by Gasteiger charge is -2.37. The van der Waals surface area contributed by atoms with E-state index < -0.39 is 23.4 Å². The number of carbonyl (C=O) groups excluding carboxylic acids is 2. The number of hydrogen-bond acceptors (Lipinski definition) is 6. The summed E-state index contributed by atoms with van der Waals surface area (Å²) < 4.78 is 49.5. The van der Waals surface area contributed by atoms with Gasteiger partial charge in [0.2, 0.25) is 0 Å². The number of nitrogens with zero attached hydrogens (tertiary/aromatic N) is 2. The summed E-state index contributed by atoms with van der Waals surface area (Å²) in [6.07, 6.45) is -3.49. The third-order valence-corrected chi connectivity index (χ3v) is 6.83. The van der Waals surface area contributed by atoms with Crippen LogP contribution >= 0.6 is 11.6 Å². The summed E-state index contributed by atoms with van der Waals surface area (Å²) in [7, 11) is 3.07. The molecule has 204 valence electrons. The number of piperidine rings is 1. The average molecular weight is 555 g/mol. The van der Waals surface area contributed by atoms with Gasteiger partial charge in [0, 0.05) is 38.9 Å². The Morgan fingerprint density at radius 2 is 1.82 bits per heavy atom. The summed E-state index contributed by atoms with van der Waals surface area (Å²) in [5.41, 5.74) is -0.700. The molecule has 0 unspecified atom stereocenters. The number of oxime groups is 1. The van der Waals surface area contributed by atoms with Crippen molar-refractivity contribution in [1.82, 2.24) is 10.2 Å². The molecule has 0 saturated carbocycles. The van der Waals surface area contributed by atoms with E-state index in [1.54, 1.807) is 12.1 Å². The summed E-state index contributed by atoms with van der Waals surface area (Å²) >= 11 is 5.98. The van der Waals surface area contributed by atoms with E-state index in [4.69, 9.17) is 25.9 Å². The summed E-state index contributed by atoms with van der Waals surface area (Å²) in [5.74, 6) is 0.762. The molecule has 2 aliphatic rings. The van der Waals surface area contributed by atoms with Crippen LogP contribution in [-0.4, -0.2) is 55.5 Å². The van der Waals surface area contributed by atoms with Crippen LogP contribution in [0.4, 0.5) is 23.7 Å². The molecule has 13 heteroatoms. The van der Waals surface area contributed by atoms with Crippen molar-refractivity contribution in [1.29, 1.82) is 0 Å². The van der Waals surface area contributed by atoms with Crippen molar-refractivity contribution in [3.63, 3.8) is 0 Å². The molecule has 0 aromatic heterocycles. The van der Waals surface area contributed by atoms with Gasteiger partial charge in [-0.25, -0.2) is 4.79 Å². The minimum absolute atomic E-state index is 0.00362. The zero-order valence-electron chi connectivity index (χ0n) is 20.7. The maximum absolute atomic E-state index is 13.0. The number of ether oxygens (including phenoxy) is 2.